The van der Waals surface area contributed by atoms with Gasteiger partial charge in [-0.2, -0.15) is 0 Å². The van der Waals surface area contributed by atoms with E-state index in [0.29, 0.717) is 0 Å². The highest BCUT2D eigenvalue weighted by molar-refractivity contribution is 6.31. The van der Waals surface area contributed by atoms with E-state index in [1.54, 1.807) is 6.20 Å². The second-order valence-electron chi connectivity index (χ2n) is 5.80. The number of hydrogen-bond donors (Lipinski definition) is 1. The summed E-state index contributed by atoms with van der Waals surface area (Å²) >= 11 is 6.21. The molecule has 1 aliphatic rings. The highest BCUT2D eigenvalue weighted by Crippen LogP contribution is 2.26. The Morgan fingerprint density at radius 1 is 1.35 bits per heavy atom. The lowest BCUT2D eigenvalue weighted by Crippen LogP contribution is -2.27. The zero-order chi connectivity index (χ0) is 14.4. The van der Waals surface area contributed by atoms with Gasteiger partial charge in [-0.3, -0.25) is 0 Å². The van der Waals surface area contributed by atoms with Gasteiger partial charge in [0, 0.05) is 26.3 Å². The van der Waals surface area contributed by atoms with Gasteiger partial charge in [-0.05, 0) is 36.9 Å². The summed E-state index contributed by atoms with van der Waals surface area (Å²) in [4.78, 5) is 6.76. The van der Waals surface area contributed by atoms with Gasteiger partial charge in [-0.15, -0.1) is 0 Å². The molecule has 1 aromatic heterocycles. The zero-order valence-corrected chi connectivity index (χ0v) is 13.4. The molecule has 1 fully saturated rings. The van der Waals surface area contributed by atoms with E-state index >= 15 is 0 Å². The molecule has 1 heterocycles. The normalized spacial score (nSPS) is 16.4. The summed E-state index contributed by atoms with van der Waals surface area (Å²) < 4.78 is 0. The molecule has 1 aliphatic carbocycles. The number of pyridine rings is 1. The number of nitrogens with one attached hydrogen (secondary N) is 1. The summed E-state index contributed by atoms with van der Waals surface area (Å²) in [6, 6.07) is 2.12. The van der Waals surface area contributed by atoms with Crippen LogP contribution in [0.25, 0.3) is 0 Å². The molecule has 0 bridgehead atoms. The van der Waals surface area contributed by atoms with Crippen LogP contribution in [0.2, 0.25) is 5.02 Å². The van der Waals surface area contributed by atoms with Crippen LogP contribution in [0, 0.1) is 5.92 Å². The van der Waals surface area contributed by atoms with Gasteiger partial charge in [0.15, 0.2) is 0 Å². The molecule has 4 heteroatoms. The van der Waals surface area contributed by atoms with E-state index in [2.05, 4.69) is 35.2 Å². The van der Waals surface area contributed by atoms with Gasteiger partial charge in [0.1, 0.15) is 5.82 Å². The van der Waals surface area contributed by atoms with E-state index < -0.39 is 0 Å². The molecule has 0 spiro atoms. The van der Waals surface area contributed by atoms with Gasteiger partial charge >= 0.3 is 0 Å². The summed E-state index contributed by atoms with van der Waals surface area (Å²) in [5.41, 5.74) is 1.13. The number of hydrogen-bond acceptors (Lipinski definition) is 3. The summed E-state index contributed by atoms with van der Waals surface area (Å²) in [7, 11) is 2.14. The van der Waals surface area contributed by atoms with Crippen molar-refractivity contribution >= 4 is 17.4 Å². The first-order valence-electron chi connectivity index (χ1n) is 7.77. The van der Waals surface area contributed by atoms with E-state index in [1.807, 2.05) is 0 Å². The molecule has 0 aromatic carbocycles. The maximum Gasteiger partial charge on any atom is 0.128 e. The average Bonchev–Trinajstić information content (AvgIpc) is 2.47. The Balaban J connectivity index is 1.99. The Hall–Kier alpha value is -0.800. The molecule has 20 heavy (non-hydrogen) atoms. The van der Waals surface area contributed by atoms with Crippen molar-refractivity contribution in [1.82, 2.24) is 10.3 Å². The van der Waals surface area contributed by atoms with Crippen molar-refractivity contribution < 1.29 is 0 Å². The number of aromatic nitrogens is 1. The Labute approximate surface area is 127 Å². The highest BCUT2D eigenvalue weighted by Gasteiger charge is 2.16. The van der Waals surface area contributed by atoms with Crippen molar-refractivity contribution in [2.75, 3.05) is 25.0 Å². The van der Waals surface area contributed by atoms with Crippen molar-refractivity contribution in [1.29, 1.82) is 0 Å². The van der Waals surface area contributed by atoms with Crippen molar-refractivity contribution in [2.45, 2.75) is 45.6 Å². The molecule has 0 aliphatic heterocycles. The molecule has 0 saturated heterocycles. The molecule has 1 aromatic rings. The molecule has 2 rings (SSSR count). The molecular formula is C16H26ClN3. The number of anilines is 1. The third kappa shape index (κ3) is 4.35. The maximum atomic E-state index is 6.21. The fourth-order valence-corrected chi connectivity index (χ4v) is 3.09. The topological polar surface area (TPSA) is 28.2 Å². The summed E-state index contributed by atoms with van der Waals surface area (Å²) in [5, 5.41) is 4.07. The van der Waals surface area contributed by atoms with Gasteiger partial charge in [-0.25, -0.2) is 4.98 Å². The monoisotopic (exact) mass is 295 g/mol. The molecule has 0 atom stereocenters. The van der Waals surface area contributed by atoms with Crippen LogP contribution in [0.4, 0.5) is 5.82 Å². The van der Waals surface area contributed by atoms with E-state index in [0.717, 1.165) is 42.0 Å². The lowest BCUT2D eigenvalue weighted by atomic mass is 9.89. The smallest absolute Gasteiger partial charge is 0.128 e. The van der Waals surface area contributed by atoms with Gasteiger partial charge in [0.2, 0.25) is 0 Å². The minimum Gasteiger partial charge on any atom is -0.359 e. The third-order valence-electron chi connectivity index (χ3n) is 4.13. The van der Waals surface area contributed by atoms with Gasteiger partial charge < -0.3 is 10.2 Å². The van der Waals surface area contributed by atoms with Gasteiger partial charge in [0.25, 0.3) is 0 Å². The van der Waals surface area contributed by atoms with Gasteiger partial charge in [0.05, 0.1) is 5.02 Å². The SMILES string of the molecule is CCNCc1cc(N(C)CC2CCCCC2)ncc1Cl. The second kappa shape index (κ2) is 7.84. The molecular weight excluding hydrogens is 270 g/mol. The molecule has 3 nitrogen and oxygen atoms in total. The van der Waals surface area contributed by atoms with Crippen LogP contribution in [0.5, 0.6) is 0 Å². The van der Waals surface area contributed by atoms with Crippen molar-refractivity contribution in [3.05, 3.63) is 22.8 Å². The first-order chi connectivity index (χ1) is 9.70. The molecule has 0 unspecified atom stereocenters. The first-order valence-corrected chi connectivity index (χ1v) is 8.14. The molecule has 0 radical (unpaired) electrons. The minimum atomic E-state index is 0.751. The van der Waals surface area contributed by atoms with E-state index in [4.69, 9.17) is 11.6 Å². The van der Waals surface area contributed by atoms with Crippen LogP contribution in [0.1, 0.15) is 44.6 Å². The number of nitrogens with zero attached hydrogens (tertiary/aromatic N) is 2. The predicted molar refractivity (Wildman–Crippen MR) is 86.5 cm³/mol. The zero-order valence-electron chi connectivity index (χ0n) is 12.7. The maximum absolute atomic E-state index is 6.21. The van der Waals surface area contributed by atoms with Crippen molar-refractivity contribution in [3.63, 3.8) is 0 Å². The standard InChI is InChI=1S/C16H26ClN3/c1-3-18-10-14-9-16(19-11-15(14)17)20(2)12-13-7-5-4-6-8-13/h9,11,13,18H,3-8,10,12H2,1-2H3. The van der Waals surface area contributed by atoms with Crippen molar-refractivity contribution in [3.8, 4) is 0 Å². The Morgan fingerprint density at radius 2 is 2.10 bits per heavy atom. The van der Waals surface area contributed by atoms with E-state index in [-0.39, 0.29) is 0 Å². The highest BCUT2D eigenvalue weighted by atomic mass is 35.5. The Bertz CT molecular complexity index is 416. The van der Waals surface area contributed by atoms with Crippen LogP contribution in [0.3, 0.4) is 0 Å². The lowest BCUT2D eigenvalue weighted by molar-refractivity contribution is 0.361. The van der Waals surface area contributed by atoms with Crippen LogP contribution in [-0.4, -0.2) is 25.1 Å². The predicted octanol–water partition coefficient (Wildman–Crippen LogP) is 3.86. The largest absolute Gasteiger partial charge is 0.359 e. The third-order valence-corrected chi connectivity index (χ3v) is 4.47. The van der Waals surface area contributed by atoms with Crippen molar-refractivity contribution in [2.24, 2.45) is 5.92 Å². The average molecular weight is 296 g/mol. The molecule has 112 valence electrons. The minimum absolute atomic E-state index is 0.751. The van der Waals surface area contributed by atoms with Crippen LogP contribution >= 0.6 is 11.6 Å². The number of rotatable bonds is 6. The van der Waals surface area contributed by atoms with E-state index in [9.17, 15) is 0 Å². The fraction of sp³-hybridized carbons (Fsp3) is 0.688. The Kier molecular flexibility index (Phi) is 6.11. The summed E-state index contributed by atoms with van der Waals surface area (Å²) in [5.74, 6) is 1.86. The van der Waals surface area contributed by atoms with Gasteiger partial charge in [-0.1, -0.05) is 37.8 Å². The molecule has 1 saturated carbocycles. The van der Waals surface area contributed by atoms with Crippen LogP contribution in [-0.2, 0) is 6.54 Å². The first kappa shape index (κ1) is 15.6. The van der Waals surface area contributed by atoms with E-state index in [1.165, 1.54) is 32.1 Å². The fourth-order valence-electron chi connectivity index (χ4n) is 2.92. The lowest BCUT2D eigenvalue weighted by Gasteiger charge is -2.28. The summed E-state index contributed by atoms with van der Waals surface area (Å²) in [6.45, 7) is 4.97. The number of halogens is 1. The van der Waals surface area contributed by atoms with Crippen LogP contribution in [0.15, 0.2) is 12.3 Å². The quantitative estimate of drug-likeness (QED) is 0.864. The second-order valence-corrected chi connectivity index (χ2v) is 6.21. The Morgan fingerprint density at radius 3 is 2.80 bits per heavy atom. The summed E-state index contributed by atoms with van der Waals surface area (Å²) in [6.07, 6.45) is 8.69. The molecule has 0 amide bonds. The molecule has 1 N–H and O–H groups in total. The van der Waals surface area contributed by atoms with Crippen LogP contribution < -0.4 is 10.2 Å².